The van der Waals surface area contributed by atoms with Gasteiger partial charge in [-0.15, -0.1) is 0 Å². The average molecular weight is 473 g/mol. The first-order chi connectivity index (χ1) is 16.1. The average Bonchev–Trinajstić information content (AvgIpc) is 2.82. The minimum atomic E-state index is -4.52. The first-order valence-corrected chi connectivity index (χ1v) is 10.8. The van der Waals surface area contributed by atoms with Gasteiger partial charge in [-0.05, 0) is 52.9 Å². The van der Waals surface area contributed by atoms with E-state index in [4.69, 9.17) is 9.47 Å². The molecule has 3 aromatic rings. The predicted molar refractivity (Wildman–Crippen MR) is 123 cm³/mol. The molecule has 5 nitrogen and oxygen atoms in total. The number of rotatable bonds is 7. The smallest absolute Gasteiger partial charge is 0.416 e. The van der Waals surface area contributed by atoms with Crippen LogP contribution in [0.1, 0.15) is 42.0 Å². The topological polar surface area (TPSA) is 51.7 Å². The summed E-state index contributed by atoms with van der Waals surface area (Å²) in [6.07, 6.45) is -1.99. The van der Waals surface area contributed by atoms with Crippen LogP contribution in [0.4, 0.5) is 18.0 Å². The summed E-state index contributed by atoms with van der Waals surface area (Å²) in [5.74, 6) is 0.750. The molecule has 0 bridgehead atoms. The Morgan fingerprint density at radius 1 is 1.09 bits per heavy atom. The first kappa shape index (κ1) is 25.1. The van der Waals surface area contributed by atoms with Crippen molar-refractivity contribution in [2.45, 2.75) is 39.1 Å². The largest absolute Gasteiger partial charge is 0.496 e. The Labute approximate surface area is 197 Å². The molecule has 0 spiro atoms. The van der Waals surface area contributed by atoms with Gasteiger partial charge in [0, 0.05) is 37.1 Å². The molecule has 8 heteroatoms. The fourth-order valence-electron chi connectivity index (χ4n) is 3.52. The summed E-state index contributed by atoms with van der Waals surface area (Å²) in [4.78, 5) is 17.8. The van der Waals surface area contributed by atoms with Gasteiger partial charge in [0.05, 0.1) is 12.7 Å². The zero-order valence-electron chi connectivity index (χ0n) is 19.5. The predicted octanol–water partition coefficient (Wildman–Crippen LogP) is 6.67. The molecule has 1 aromatic heterocycles. The molecule has 0 aliphatic heterocycles. The number of pyridine rings is 1. The number of amides is 1. The van der Waals surface area contributed by atoms with E-state index in [1.165, 1.54) is 25.1 Å². The van der Waals surface area contributed by atoms with E-state index in [0.29, 0.717) is 28.0 Å². The van der Waals surface area contributed by atoms with Gasteiger partial charge >= 0.3 is 12.3 Å². The Morgan fingerprint density at radius 2 is 1.85 bits per heavy atom. The van der Waals surface area contributed by atoms with Crippen molar-refractivity contribution in [3.8, 4) is 16.9 Å². The van der Waals surface area contributed by atoms with Gasteiger partial charge in [0.2, 0.25) is 0 Å². The number of carbonyl (C=O) groups is 1. The van der Waals surface area contributed by atoms with Crippen molar-refractivity contribution in [2.75, 3.05) is 14.2 Å². The van der Waals surface area contributed by atoms with Gasteiger partial charge in [-0.1, -0.05) is 32.0 Å². The molecule has 0 saturated heterocycles. The molecule has 1 amide bonds. The molecule has 0 N–H and O–H groups in total. The Hall–Kier alpha value is -3.55. The maximum Gasteiger partial charge on any atom is 0.416 e. The molecule has 0 radical (unpaired) electrons. The van der Waals surface area contributed by atoms with Gasteiger partial charge in [0.1, 0.15) is 12.4 Å². The van der Waals surface area contributed by atoms with E-state index in [0.717, 1.165) is 17.7 Å². The summed E-state index contributed by atoms with van der Waals surface area (Å²) in [5.41, 5.74) is 2.48. The van der Waals surface area contributed by atoms with Gasteiger partial charge in [-0.25, -0.2) is 4.79 Å². The summed E-state index contributed by atoms with van der Waals surface area (Å²) in [5, 5.41) is 0. The van der Waals surface area contributed by atoms with E-state index in [9.17, 15) is 18.0 Å². The van der Waals surface area contributed by atoms with Crippen LogP contribution in [0.25, 0.3) is 11.1 Å². The van der Waals surface area contributed by atoms with Crippen molar-refractivity contribution < 1.29 is 27.4 Å². The van der Waals surface area contributed by atoms with Crippen LogP contribution in [0.2, 0.25) is 0 Å². The van der Waals surface area contributed by atoms with Crippen LogP contribution in [-0.2, 0) is 24.1 Å². The third-order valence-electron chi connectivity index (χ3n) is 5.42. The molecule has 0 unspecified atom stereocenters. The van der Waals surface area contributed by atoms with Crippen LogP contribution in [0, 0.1) is 0 Å². The molecule has 0 aliphatic carbocycles. The highest BCUT2D eigenvalue weighted by atomic mass is 19.4. The van der Waals surface area contributed by atoms with Crippen molar-refractivity contribution in [3.63, 3.8) is 0 Å². The second-order valence-electron chi connectivity index (χ2n) is 8.26. The van der Waals surface area contributed by atoms with E-state index in [2.05, 4.69) is 4.98 Å². The molecule has 180 valence electrons. The Bertz CT molecular complexity index is 1130. The standard InChI is InChI=1S/C26H27F3N2O3/c1-17(2)19-7-10-24(33-4)23(13-19)22-9-8-21(26(27,28)29)12-20(22)15-31(3)25(32)34-16-18-6-5-11-30-14-18/h5-14,17H,15-16H2,1-4H3. The van der Waals surface area contributed by atoms with Gasteiger partial charge < -0.3 is 14.4 Å². The first-order valence-electron chi connectivity index (χ1n) is 10.8. The zero-order chi connectivity index (χ0) is 24.9. The summed E-state index contributed by atoms with van der Waals surface area (Å²) in [6, 6.07) is 12.7. The maximum atomic E-state index is 13.5. The molecule has 34 heavy (non-hydrogen) atoms. The van der Waals surface area contributed by atoms with E-state index in [1.54, 1.807) is 30.6 Å². The zero-order valence-corrected chi connectivity index (χ0v) is 19.5. The van der Waals surface area contributed by atoms with Crippen LogP contribution in [0.15, 0.2) is 60.9 Å². The molecule has 0 atom stereocenters. The van der Waals surface area contributed by atoms with E-state index >= 15 is 0 Å². The van der Waals surface area contributed by atoms with Gasteiger partial charge in [-0.3, -0.25) is 4.98 Å². The van der Waals surface area contributed by atoms with E-state index in [1.807, 2.05) is 26.0 Å². The lowest BCUT2D eigenvalue weighted by atomic mass is 9.92. The highest BCUT2D eigenvalue weighted by Crippen LogP contribution is 2.38. The van der Waals surface area contributed by atoms with Crippen LogP contribution in [0.5, 0.6) is 5.75 Å². The third-order valence-corrected chi connectivity index (χ3v) is 5.42. The lowest BCUT2D eigenvalue weighted by Crippen LogP contribution is -2.27. The van der Waals surface area contributed by atoms with Crippen molar-refractivity contribution >= 4 is 6.09 Å². The van der Waals surface area contributed by atoms with Gasteiger partial charge in [0.15, 0.2) is 0 Å². The Kier molecular flexibility index (Phi) is 7.81. The van der Waals surface area contributed by atoms with Crippen molar-refractivity contribution in [1.82, 2.24) is 9.88 Å². The Balaban J connectivity index is 1.95. The molecule has 0 fully saturated rings. The molecular formula is C26H27F3N2O3. The number of benzene rings is 2. The van der Waals surface area contributed by atoms with Crippen molar-refractivity contribution in [3.05, 3.63) is 83.2 Å². The number of ether oxygens (including phenoxy) is 2. The lowest BCUT2D eigenvalue weighted by Gasteiger charge is -2.22. The summed E-state index contributed by atoms with van der Waals surface area (Å²) < 4.78 is 51.3. The second-order valence-corrected chi connectivity index (χ2v) is 8.26. The maximum absolute atomic E-state index is 13.5. The summed E-state index contributed by atoms with van der Waals surface area (Å²) >= 11 is 0. The number of aromatic nitrogens is 1. The molecule has 2 aromatic carbocycles. The number of nitrogens with zero attached hydrogens (tertiary/aromatic N) is 2. The molecule has 3 rings (SSSR count). The highest BCUT2D eigenvalue weighted by Gasteiger charge is 2.31. The number of carbonyl (C=O) groups excluding carboxylic acids is 1. The van der Waals surface area contributed by atoms with E-state index < -0.39 is 17.8 Å². The minimum Gasteiger partial charge on any atom is -0.496 e. The quantitative estimate of drug-likeness (QED) is 0.385. The summed E-state index contributed by atoms with van der Waals surface area (Å²) in [6.45, 7) is 3.99. The SMILES string of the molecule is COc1ccc(C(C)C)cc1-c1ccc(C(F)(F)F)cc1CN(C)C(=O)OCc1cccnc1. The second kappa shape index (κ2) is 10.6. The summed E-state index contributed by atoms with van der Waals surface area (Å²) in [7, 11) is 3.00. The highest BCUT2D eigenvalue weighted by molar-refractivity contribution is 5.75. The Morgan fingerprint density at radius 3 is 2.47 bits per heavy atom. The van der Waals surface area contributed by atoms with Crippen molar-refractivity contribution in [2.24, 2.45) is 0 Å². The monoisotopic (exact) mass is 472 g/mol. The molecule has 0 aliphatic rings. The fraction of sp³-hybridized carbons (Fsp3) is 0.308. The van der Waals surface area contributed by atoms with Crippen LogP contribution < -0.4 is 4.74 Å². The van der Waals surface area contributed by atoms with Gasteiger partial charge in [0.25, 0.3) is 0 Å². The van der Waals surface area contributed by atoms with Gasteiger partial charge in [-0.2, -0.15) is 13.2 Å². The molecule has 1 heterocycles. The van der Waals surface area contributed by atoms with Crippen molar-refractivity contribution in [1.29, 1.82) is 0 Å². The third kappa shape index (κ3) is 6.07. The molecule has 0 saturated carbocycles. The number of methoxy groups -OCH3 is 1. The number of hydrogen-bond donors (Lipinski definition) is 0. The normalized spacial score (nSPS) is 11.4. The van der Waals surface area contributed by atoms with Crippen LogP contribution in [0.3, 0.4) is 0 Å². The minimum absolute atomic E-state index is 0.0106. The van der Waals surface area contributed by atoms with Crippen LogP contribution >= 0.6 is 0 Å². The number of hydrogen-bond acceptors (Lipinski definition) is 4. The molecular weight excluding hydrogens is 445 g/mol. The van der Waals surface area contributed by atoms with Crippen LogP contribution in [-0.4, -0.2) is 30.1 Å². The lowest BCUT2D eigenvalue weighted by molar-refractivity contribution is -0.137. The number of alkyl halides is 3. The fourth-order valence-corrected chi connectivity index (χ4v) is 3.52. The van der Waals surface area contributed by atoms with E-state index in [-0.39, 0.29) is 19.1 Å². The number of halogens is 3.